The standard InChI is InChI=1S/C38H35N5O4.Ni/c1-7-22-19(2)28-17-33-25-14-15-39-27-11-8-26(38(43-33)36(25)27)37-21(4)24(10-13-35(45)47-6)32(42-37)18-31-23(9-12-34(44)46-5)20(3)29(41-31)16-30(22)40-28;/h8,11,14-18H,7,9-10,12-13H2,1-6H3;/q-2;+2. The van der Waals surface area contributed by atoms with Gasteiger partial charge < -0.3 is 19.4 Å². The number of aryl methyl sites for hydroxylation is 2. The minimum atomic E-state index is -0.289. The van der Waals surface area contributed by atoms with Crippen molar-refractivity contribution in [2.24, 2.45) is 0 Å². The molecular weight excluding hydrogens is 649 g/mol. The fraction of sp³-hybridized carbons (Fsp3) is 0.289. The molecule has 10 heteroatoms. The van der Waals surface area contributed by atoms with E-state index in [0.29, 0.717) is 12.8 Å². The zero-order valence-corrected chi connectivity index (χ0v) is 28.7. The Hall–Kier alpha value is -4.82. The molecule has 0 fully saturated rings. The second-order valence-corrected chi connectivity index (χ2v) is 12.1. The Kier molecular flexibility index (Phi) is 8.96. The number of aromatic nitrogens is 5. The molecule has 7 rings (SSSR count). The molecule has 8 bridgehead atoms. The van der Waals surface area contributed by atoms with Gasteiger partial charge in [0.25, 0.3) is 0 Å². The molecule has 0 aliphatic carbocycles. The second kappa shape index (κ2) is 13.0. The van der Waals surface area contributed by atoms with Gasteiger partial charge in [0.05, 0.1) is 42.5 Å². The first-order valence-corrected chi connectivity index (χ1v) is 15.9. The molecular formula is C38H35N5NiO4. The van der Waals surface area contributed by atoms with E-state index < -0.39 is 0 Å². The zero-order valence-electron chi connectivity index (χ0n) is 27.8. The monoisotopic (exact) mass is 683 g/mol. The summed E-state index contributed by atoms with van der Waals surface area (Å²) < 4.78 is 9.96. The molecule has 4 aromatic heterocycles. The maximum Gasteiger partial charge on any atom is 2.00 e. The van der Waals surface area contributed by atoms with E-state index in [1.54, 1.807) is 0 Å². The van der Waals surface area contributed by atoms with Crippen LogP contribution in [0.3, 0.4) is 0 Å². The molecule has 2 aliphatic heterocycles. The number of benzene rings is 1. The summed E-state index contributed by atoms with van der Waals surface area (Å²) in [5.41, 5.74) is 13.4. The molecule has 0 radical (unpaired) electrons. The molecule has 48 heavy (non-hydrogen) atoms. The molecule has 5 aromatic rings. The van der Waals surface area contributed by atoms with Crippen LogP contribution in [-0.4, -0.2) is 41.1 Å². The molecule has 246 valence electrons. The van der Waals surface area contributed by atoms with Crippen LogP contribution in [0.2, 0.25) is 0 Å². The van der Waals surface area contributed by atoms with Crippen molar-refractivity contribution in [1.29, 1.82) is 0 Å². The largest absolute Gasteiger partial charge is 2.00 e. The smallest absolute Gasteiger partial charge is 0.657 e. The summed E-state index contributed by atoms with van der Waals surface area (Å²) in [6.07, 6.45) is 3.98. The number of allylic oxidation sites excluding steroid dienone is 4. The van der Waals surface area contributed by atoms with Crippen molar-refractivity contribution in [3.63, 3.8) is 0 Å². The van der Waals surface area contributed by atoms with Crippen molar-refractivity contribution in [2.75, 3.05) is 14.2 Å². The van der Waals surface area contributed by atoms with Gasteiger partial charge in [0.2, 0.25) is 0 Å². The summed E-state index contributed by atoms with van der Waals surface area (Å²) in [5, 5.41) is 2.89. The van der Waals surface area contributed by atoms with Crippen LogP contribution in [0.4, 0.5) is 0 Å². The van der Waals surface area contributed by atoms with Crippen LogP contribution in [-0.2, 0) is 42.0 Å². The predicted octanol–water partition coefficient (Wildman–Crippen LogP) is 7.35. The Morgan fingerprint density at radius 2 is 1.44 bits per heavy atom. The first-order valence-electron chi connectivity index (χ1n) is 15.9. The number of rotatable bonds is 7. The Bertz CT molecular complexity index is 2350. The van der Waals surface area contributed by atoms with Crippen LogP contribution in [0.15, 0.2) is 42.6 Å². The molecule has 9 nitrogen and oxygen atoms in total. The van der Waals surface area contributed by atoms with E-state index in [9.17, 15) is 9.59 Å². The van der Waals surface area contributed by atoms with E-state index in [4.69, 9.17) is 29.4 Å². The molecule has 0 saturated heterocycles. The molecule has 6 heterocycles. The zero-order chi connectivity index (χ0) is 33.0. The molecule has 1 aromatic carbocycles. The third-order valence-corrected chi connectivity index (χ3v) is 9.55. The minimum absolute atomic E-state index is 0. The van der Waals surface area contributed by atoms with Crippen molar-refractivity contribution in [1.82, 2.24) is 24.9 Å². The van der Waals surface area contributed by atoms with Gasteiger partial charge in [-0.3, -0.25) is 14.6 Å². The van der Waals surface area contributed by atoms with Gasteiger partial charge in [0.1, 0.15) is 0 Å². The van der Waals surface area contributed by atoms with Gasteiger partial charge in [-0.25, -0.2) is 9.97 Å². The van der Waals surface area contributed by atoms with E-state index in [1.807, 2.05) is 50.4 Å². The van der Waals surface area contributed by atoms with E-state index in [-0.39, 0.29) is 41.3 Å². The van der Waals surface area contributed by atoms with Gasteiger partial charge in [-0.2, -0.15) is 0 Å². The summed E-state index contributed by atoms with van der Waals surface area (Å²) in [6.45, 7) is 8.32. The quantitative estimate of drug-likeness (QED) is 0.128. The number of fused-ring (bicyclic) bond motifs is 9. The third-order valence-electron chi connectivity index (χ3n) is 9.55. The number of esters is 2. The molecule has 0 spiro atoms. The van der Waals surface area contributed by atoms with Crippen LogP contribution >= 0.6 is 0 Å². The van der Waals surface area contributed by atoms with E-state index >= 15 is 0 Å². The van der Waals surface area contributed by atoms with Gasteiger partial charge in [-0.1, -0.05) is 42.3 Å². The number of carbonyl (C=O) groups excluding carboxylic acids is 2. The summed E-state index contributed by atoms with van der Waals surface area (Å²) in [5.74, 6) is -0.573. The average molecular weight is 684 g/mol. The number of methoxy groups -OCH3 is 2. The number of pyridine rings is 1. The summed E-state index contributed by atoms with van der Waals surface area (Å²) in [4.78, 5) is 49.9. The van der Waals surface area contributed by atoms with Crippen molar-refractivity contribution in [3.8, 4) is 0 Å². The maximum atomic E-state index is 12.3. The fourth-order valence-corrected chi connectivity index (χ4v) is 6.93. The van der Waals surface area contributed by atoms with Gasteiger partial charge in [0, 0.05) is 19.0 Å². The summed E-state index contributed by atoms with van der Waals surface area (Å²) in [7, 11) is 2.80. The Labute approximate surface area is 288 Å². The van der Waals surface area contributed by atoms with Crippen LogP contribution in [0.1, 0.15) is 80.4 Å². The van der Waals surface area contributed by atoms with E-state index in [0.717, 1.165) is 106 Å². The van der Waals surface area contributed by atoms with Crippen LogP contribution < -0.4 is 9.97 Å². The minimum Gasteiger partial charge on any atom is -0.657 e. The number of hydrogen-bond donors (Lipinski definition) is 0. The summed E-state index contributed by atoms with van der Waals surface area (Å²) >= 11 is 0. The number of ether oxygens (including phenoxy) is 2. The Morgan fingerprint density at radius 3 is 2.17 bits per heavy atom. The number of nitrogens with zero attached hydrogens (tertiary/aromatic N) is 5. The van der Waals surface area contributed by atoms with E-state index in [2.05, 4.69) is 24.9 Å². The first kappa shape index (κ1) is 33.1. The van der Waals surface area contributed by atoms with Crippen LogP contribution in [0.5, 0.6) is 0 Å². The van der Waals surface area contributed by atoms with Crippen LogP contribution in [0, 0.1) is 6.92 Å². The Morgan fingerprint density at radius 1 is 0.750 bits per heavy atom. The molecule has 0 unspecified atom stereocenters. The maximum absolute atomic E-state index is 12.3. The van der Waals surface area contributed by atoms with Gasteiger partial charge in [-0.15, -0.1) is 22.1 Å². The molecule has 0 saturated carbocycles. The van der Waals surface area contributed by atoms with Crippen molar-refractivity contribution >= 4 is 78.0 Å². The van der Waals surface area contributed by atoms with Gasteiger partial charge >= 0.3 is 28.4 Å². The van der Waals surface area contributed by atoms with Crippen molar-refractivity contribution in [3.05, 3.63) is 76.5 Å². The fourth-order valence-electron chi connectivity index (χ4n) is 6.93. The molecule has 0 N–H and O–H groups in total. The normalized spacial score (nSPS) is 13.0. The van der Waals surface area contributed by atoms with Gasteiger partial charge in [0.15, 0.2) is 0 Å². The average Bonchev–Trinajstić information content (AvgIpc) is 3.77. The van der Waals surface area contributed by atoms with Crippen molar-refractivity contribution in [2.45, 2.75) is 59.8 Å². The van der Waals surface area contributed by atoms with Gasteiger partial charge in [-0.05, 0) is 90.6 Å². The third kappa shape index (κ3) is 5.48. The van der Waals surface area contributed by atoms with Crippen LogP contribution in [0.25, 0.3) is 66.0 Å². The topological polar surface area (TPSA) is 119 Å². The van der Waals surface area contributed by atoms with E-state index in [1.165, 1.54) is 14.2 Å². The number of hydrogen-bond acceptors (Lipinski definition) is 7. The van der Waals surface area contributed by atoms with Crippen molar-refractivity contribution < 1.29 is 35.6 Å². The number of carbonyl (C=O) groups is 2. The predicted molar refractivity (Wildman–Crippen MR) is 185 cm³/mol. The Balaban J connectivity index is 0.00000401. The molecule has 2 aliphatic rings. The SMILES string of the molecule is CCC1=C(C)c2cc3[n-]c4c(ccc5nccc3c54)c3nc(cc4[n-]c(cc1n2)c(C)c4CCC(=O)OC)C(CCC(=O)OC)=C3C.[Ni+2]. The first-order chi connectivity index (χ1) is 22.7. The second-order valence-electron chi connectivity index (χ2n) is 12.1. The molecule has 0 amide bonds. The summed E-state index contributed by atoms with van der Waals surface area (Å²) in [6, 6.07) is 12.2. The molecule has 0 atom stereocenters.